The lowest BCUT2D eigenvalue weighted by Crippen LogP contribution is -2.39. The zero-order chi connectivity index (χ0) is 12.2. The monoisotopic (exact) mass is 224 g/mol. The molecule has 16 heavy (non-hydrogen) atoms. The van der Waals surface area contributed by atoms with Crippen molar-refractivity contribution in [1.82, 2.24) is 0 Å². The third-order valence-electron chi connectivity index (χ3n) is 3.85. The Morgan fingerprint density at radius 3 is 2.81 bits per heavy atom. The van der Waals surface area contributed by atoms with Crippen LogP contribution in [0.4, 0.5) is 0 Å². The summed E-state index contributed by atoms with van der Waals surface area (Å²) >= 11 is 0. The van der Waals surface area contributed by atoms with Gasteiger partial charge in [0.1, 0.15) is 5.78 Å². The second kappa shape index (κ2) is 5.62. The topological polar surface area (TPSA) is 37.3 Å². The highest BCUT2D eigenvalue weighted by Crippen LogP contribution is 2.42. The largest absolute Gasteiger partial charge is 0.396 e. The lowest BCUT2D eigenvalue weighted by atomic mass is 9.65. The van der Waals surface area contributed by atoms with Crippen LogP contribution < -0.4 is 0 Å². The van der Waals surface area contributed by atoms with Crippen LogP contribution in [0.1, 0.15) is 52.9 Å². The van der Waals surface area contributed by atoms with Crippen molar-refractivity contribution in [2.45, 2.75) is 52.9 Å². The summed E-state index contributed by atoms with van der Waals surface area (Å²) in [5, 5.41) is 9.37. The third-order valence-corrected chi connectivity index (χ3v) is 3.85. The molecule has 92 valence electrons. The van der Waals surface area contributed by atoms with Gasteiger partial charge in [-0.1, -0.05) is 18.6 Å². The molecule has 0 bridgehead atoms. The van der Waals surface area contributed by atoms with Gasteiger partial charge < -0.3 is 5.11 Å². The number of hydrogen-bond acceptors (Lipinski definition) is 2. The number of aliphatic hydroxyl groups excluding tert-OH is 1. The van der Waals surface area contributed by atoms with E-state index in [-0.39, 0.29) is 23.7 Å². The fourth-order valence-corrected chi connectivity index (χ4v) is 2.72. The van der Waals surface area contributed by atoms with Gasteiger partial charge in [0.05, 0.1) is 6.61 Å². The van der Waals surface area contributed by atoms with E-state index in [9.17, 15) is 9.90 Å². The summed E-state index contributed by atoms with van der Waals surface area (Å²) in [6.45, 7) is 6.36. The molecule has 2 nitrogen and oxygen atoms in total. The molecule has 0 heterocycles. The van der Waals surface area contributed by atoms with Crippen LogP contribution in [-0.4, -0.2) is 17.5 Å². The van der Waals surface area contributed by atoms with E-state index in [4.69, 9.17) is 0 Å². The van der Waals surface area contributed by atoms with Crippen LogP contribution in [0.25, 0.3) is 0 Å². The molecule has 0 aliphatic heterocycles. The summed E-state index contributed by atoms with van der Waals surface area (Å²) in [5.41, 5.74) is 1.34. The fraction of sp³-hybridized carbons (Fsp3) is 0.786. The first-order valence-electron chi connectivity index (χ1n) is 6.26. The Morgan fingerprint density at radius 2 is 2.25 bits per heavy atom. The third kappa shape index (κ3) is 3.18. The minimum absolute atomic E-state index is 0.00995. The van der Waals surface area contributed by atoms with Gasteiger partial charge in [0.15, 0.2) is 0 Å². The number of allylic oxidation sites excluding steroid dienone is 2. The summed E-state index contributed by atoms with van der Waals surface area (Å²) in [6, 6.07) is 0. The number of ketones is 1. The van der Waals surface area contributed by atoms with Crippen LogP contribution in [0.2, 0.25) is 0 Å². The number of Topliss-reactive ketones (excluding diaryl/α,β-unsaturated/α-hetero) is 1. The molecular formula is C14H24O2. The van der Waals surface area contributed by atoms with Crippen LogP contribution in [0, 0.1) is 11.3 Å². The molecule has 0 aromatic carbocycles. The molecule has 1 saturated carbocycles. The van der Waals surface area contributed by atoms with E-state index < -0.39 is 0 Å². The summed E-state index contributed by atoms with van der Waals surface area (Å²) < 4.78 is 0. The maximum absolute atomic E-state index is 11.8. The second-order valence-corrected chi connectivity index (χ2v) is 5.53. The van der Waals surface area contributed by atoms with Gasteiger partial charge in [-0.15, -0.1) is 0 Å². The van der Waals surface area contributed by atoms with Crippen LogP contribution in [0.5, 0.6) is 0 Å². The lowest BCUT2D eigenvalue weighted by Gasteiger charge is -2.39. The molecule has 1 aliphatic rings. The predicted molar refractivity (Wildman–Crippen MR) is 66.2 cm³/mol. The van der Waals surface area contributed by atoms with E-state index in [0.717, 1.165) is 25.7 Å². The molecule has 0 amide bonds. The zero-order valence-corrected chi connectivity index (χ0v) is 10.8. The molecule has 0 spiro atoms. The number of carbonyl (C=O) groups excluding carboxylic acids is 1. The van der Waals surface area contributed by atoms with Crippen molar-refractivity contribution in [3.63, 3.8) is 0 Å². The van der Waals surface area contributed by atoms with E-state index >= 15 is 0 Å². The Morgan fingerprint density at radius 1 is 1.56 bits per heavy atom. The first-order valence-corrected chi connectivity index (χ1v) is 6.26. The lowest BCUT2D eigenvalue weighted by molar-refractivity contribution is -0.132. The number of hydrogen-bond donors (Lipinski definition) is 1. The maximum Gasteiger partial charge on any atom is 0.138 e. The van der Waals surface area contributed by atoms with E-state index in [1.54, 1.807) is 0 Å². The van der Waals surface area contributed by atoms with Crippen LogP contribution >= 0.6 is 0 Å². The van der Waals surface area contributed by atoms with Crippen LogP contribution in [0.15, 0.2) is 11.6 Å². The minimum Gasteiger partial charge on any atom is -0.396 e. The first kappa shape index (κ1) is 13.4. The highest BCUT2D eigenvalue weighted by Gasteiger charge is 2.40. The minimum atomic E-state index is -0.133. The molecule has 0 saturated heterocycles. The normalized spacial score (nSPS) is 30.2. The number of rotatable bonds is 4. The fourth-order valence-electron chi connectivity index (χ4n) is 2.72. The van der Waals surface area contributed by atoms with Crippen LogP contribution in [0.3, 0.4) is 0 Å². The van der Waals surface area contributed by atoms with Gasteiger partial charge in [-0.25, -0.2) is 0 Å². The molecule has 2 unspecified atom stereocenters. The van der Waals surface area contributed by atoms with Crippen molar-refractivity contribution in [3.05, 3.63) is 11.6 Å². The Labute approximate surface area is 98.7 Å². The molecular weight excluding hydrogens is 200 g/mol. The van der Waals surface area contributed by atoms with E-state index in [2.05, 4.69) is 26.8 Å². The molecule has 2 heteroatoms. The Kier molecular flexibility index (Phi) is 4.72. The summed E-state index contributed by atoms with van der Waals surface area (Å²) in [6.07, 6.45) is 6.96. The molecule has 1 rings (SSSR count). The summed E-state index contributed by atoms with van der Waals surface area (Å²) in [4.78, 5) is 11.8. The van der Waals surface area contributed by atoms with Crippen molar-refractivity contribution >= 4 is 5.78 Å². The molecule has 2 atom stereocenters. The van der Waals surface area contributed by atoms with Crippen molar-refractivity contribution in [3.8, 4) is 0 Å². The highest BCUT2D eigenvalue weighted by molar-refractivity contribution is 5.82. The Hall–Kier alpha value is -0.630. The average Bonchev–Trinajstić information content (AvgIpc) is 2.17. The van der Waals surface area contributed by atoms with E-state index in [1.807, 2.05) is 0 Å². The van der Waals surface area contributed by atoms with Gasteiger partial charge in [0.25, 0.3) is 0 Å². The highest BCUT2D eigenvalue weighted by atomic mass is 16.3. The average molecular weight is 224 g/mol. The van der Waals surface area contributed by atoms with Gasteiger partial charge in [-0.05, 0) is 44.9 Å². The second-order valence-electron chi connectivity index (χ2n) is 5.53. The zero-order valence-electron chi connectivity index (χ0n) is 10.8. The Bertz CT molecular complexity index is 276. The van der Waals surface area contributed by atoms with Gasteiger partial charge in [-0.3, -0.25) is 4.79 Å². The maximum atomic E-state index is 11.8. The van der Waals surface area contributed by atoms with Crippen molar-refractivity contribution in [2.75, 3.05) is 6.61 Å². The van der Waals surface area contributed by atoms with Gasteiger partial charge in [0.2, 0.25) is 0 Å². The van der Waals surface area contributed by atoms with Crippen molar-refractivity contribution in [1.29, 1.82) is 0 Å². The molecule has 1 fully saturated rings. The SMILES string of the molecule is CC(C)=CCCC1(C)CCCC(=O)C1CO. The molecule has 0 radical (unpaired) electrons. The molecule has 1 aliphatic carbocycles. The van der Waals surface area contributed by atoms with Gasteiger partial charge in [-0.2, -0.15) is 0 Å². The quantitative estimate of drug-likeness (QED) is 0.745. The molecule has 1 N–H and O–H groups in total. The molecule has 0 aromatic heterocycles. The molecule has 0 aromatic rings. The predicted octanol–water partition coefficient (Wildman–Crippen LogP) is 3.10. The van der Waals surface area contributed by atoms with Crippen LogP contribution in [-0.2, 0) is 4.79 Å². The van der Waals surface area contributed by atoms with Crippen molar-refractivity contribution in [2.24, 2.45) is 11.3 Å². The van der Waals surface area contributed by atoms with Gasteiger partial charge in [0, 0.05) is 12.3 Å². The first-order chi connectivity index (χ1) is 7.49. The van der Waals surface area contributed by atoms with E-state index in [0.29, 0.717) is 6.42 Å². The van der Waals surface area contributed by atoms with Crippen molar-refractivity contribution < 1.29 is 9.90 Å². The number of carbonyl (C=O) groups is 1. The van der Waals surface area contributed by atoms with E-state index in [1.165, 1.54) is 5.57 Å². The van der Waals surface area contributed by atoms with Gasteiger partial charge >= 0.3 is 0 Å². The smallest absolute Gasteiger partial charge is 0.138 e. The summed E-state index contributed by atoms with van der Waals surface area (Å²) in [7, 11) is 0. The standard InChI is InChI=1S/C14H24O2/c1-11(2)6-4-8-14(3)9-5-7-13(16)12(14)10-15/h6,12,15H,4-5,7-10H2,1-3H3. The Balaban J connectivity index is 2.64. The summed E-state index contributed by atoms with van der Waals surface area (Å²) in [5.74, 6) is 0.125. The number of aliphatic hydroxyl groups is 1.